The third-order valence-corrected chi connectivity index (χ3v) is 8.71. The second kappa shape index (κ2) is 9.89. The van der Waals surface area contributed by atoms with Crippen molar-refractivity contribution < 1.29 is 23.8 Å². The standard InChI is InChI=1S/C30H25Br2NO5/c1-36-24-11-6-20-17-33(28(34)18-2-7-21(31)8-3-18)15-14-30-13-12-23(16-25(30)38-27(24)26(20)30)37-29(35)19-4-9-22(32)10-5-19/h2-13,23,25H,14-17H2,1H3/t23-,25-,30-/m0/s1. The Balaban J connectivity index is 1.31. The summed E-state index contributed by atoms with van der Waals surface area (Å²) in [5, 5.41) is 0. The lowest BCUT2D eigenvalue weighted by atomic mass is 9.69. The minimum atomic E-state index is -0.436. The third-order valence-electron chi connectivity index (χ3n) is 7.66. The SMILES string of the molecule is COc1ccc2c3c1O[C@H]1C[C@@H](OC(=O)c4ccc(Br)cc4)C=C[C@@]31CCN(C(=O)c1ccc(Br)cc1)C2. The molecule has 3 aromatic rings. The predicted octanol–water partition coefficient (Wildman–Crippen LogP) is 6.45. The number of esters is 1. The van der Waals surface area contributed by atoms with Crippen LogP contribution in [-0.2, 0) is 16.7 Å². The molecule has 194 valence electrons. The van der Waals surface area contributed by atoms with Crippen LogP contribution >= 0.6 is 31.9 Å². The van der Waals surface area contributed by atoms with Crippen molar-refractivity contribution in [1.29, 1.82) is 0 Å². The van der Waals surface area contributed by atoms with Crippen LogP contribution in [0, 0.1) is 0 Å². The molecule has 1 amide bonds. The van der Waals surface area contributed by atoms with E-state index in [1.807, 2.05) is 59.5 Å². The highest BCUT2D eigenvalue weighted by Gasteiger charge is 2.53. The number of amides is 1. The van der Waals surface area contributed by atoms with Crippen LogP contribution < -0.4 is 9.47 Å². The zero-order chi connectivity index (χ0) is 26.4. The molecule has 0 saturated heterocycles. The van der Waals surface area contributed by atoms with Gasteiger partial charge in [-0.2, -0.15) is 0 Å². The lowest BCUT2D eigenvalue weighted by Crippen LogP contribution is -2.44. The molecule has 6 nitrogen and oxygen atoms in total. The van der Waals surface area contributed by atoms with E-state index in [4.69, 9.17) is 14.2 Å². The molecule has 0 fully saturated rings. The highest BCUT2D eigenvalue weighted by molar-refractivity contribution is 9.10. The van der Waals surface area contributed by atoms with E-state index in [0.717, 1.165) is 25.8 Å². The van der Waals surface area contributed by atoms with E-state index >= 15 is 0 Å². The summed E-state index contributed by atoms with van der Waals surface area (Å²) in [5.41, 5.74) is 2.83. The van der Waals surface area contributed by atoms with Gasteiger partial charge in [-0.05, 0) is 72.7 Å². The minimum Gasteiger partial charge on any atom is -0.493 e. The highest BCUT2D eigenvalue weighted by Crippen LogP contribution is 2.56. The number of carbonyl (C=O) groups is 2. The lowest BCUT2D eigenvalue weighted by Gasteiger charge is -2.36. The fraction of sp³-hybridized carbons (Fsp3) is 0.267. The molecular weight excluding hydrogens is 614 g/mol. The van der Waals surface area contributed by atoms with Gasteiger partial charge < -0.3 is 19.1 Å². The first-order chi connectivity index (χ1) is 18.4. The molecule has 3 aromatic carbocycles. The maximum absolute atomic E-state index is 13.5. The molecule has 3 aliphatic rings. The third kappa shape index (κ3) is 4.33. The number of halogens is 2. The van der Waals surface area contributed by atoms with Gasteiger partial charge in [0.1, 0.15) is 12.2 Å². The Morgan fingerprint density at radius 2 is 1.66 bits per heavy atom. The molecule has 2 heterocycles. The summed E-state index contributed by atoms with van der Waals surface area (Å²) in [6.45, 7) is 1.05. The van der Waals surface area contributed by atoms with Crippen LogP contribution in [-0.4, -0.2) is 42.6 Å². The van der Waals surface area contributed by atoms with Crippen molar-refractivity contribution >= 4 is 43.7 Å². The first-order valence-electron chi connectivity index (χ1n) is 12.5. The van der Waals surface area contributed by atoms with E-state index in [-0.39, 0.29) is 18.0 Å². The van der Waals surface area contributed by atoms with E-state index in [1.54, 1.807) is 19.2 Å². The highest BCUT2D eigenvalue weighted by atomic mass is 79.9. The van der Waals surface area contributed by atoms with Crippen LogP contribution in [0.4, 0.5) is 0 Å². The van der Waals surface area contributed by atoms with Crippen LogP contribution in [0.25, 0.3) is 0 Å². The van der Waals surface area contributed by atoms with E-state index in [1.165, 1.54) is 0 Å². The number of methoxy groups -OCH3 is 1. The van der Waals surface area contributed by atoms with Gasteiger partial charge in [0.05, 0.1) is 18.1 Å². The molecule has 0 radical (unpaired) electrons. The Morgan fingerprint density at radius 1 is 0.974 bits per heavy atom. The Kier molecular flexibility index (Phi) is 6.56. The average Bonchev–Trinajstić information content (AvgIpc) is 3.16. The first kappa shape index (κ1) is 25.2. The van der Waals surface area contributed by atoms with Crippen LogP contribution in [0.15, 0.2) is 81.8 Å². The molecule has 8 heteroatoms. The van der Waals surface area contributed by atoms with E-state index in [0.29, 0.717) is 42.8 Å². The largest absolute Gasteiger partial charge is 0.493 e. The second-order valence-electron chi connectivity index (χ2n) is 9.81. The van der Waals surface area contributed by atoms with Gasteiger partial charge in [0.2, 0.25) is 0 Å². The van der Waals surface area contributed by atoms with Crippen LogP contribution in [0.1, 0.15) is 44.7 Å². The molecule has 1 aliphatic carbocycles. The van der Waals surface area contributed by atoms with Gasteiger partial charge in [0.25, 0.3) is 5.91 Å². The smallest absolute Gasteiger partial charge is 0.338 e. The minimum absolute atomic E-state index is 0.00277. The predicted molar refractivity (Wildman–Crippen MR) is 150 cm³/mol. The Bertz CT molecular complexity index is 1440. The summed E-state index contributed by atoms with van der Waals surface area (Å²) in [7, 11) is 1.63. The molecule has 0 saturated carbocycles. The molecule has 6 rings (SSSR count). The molecular formula is C30H25Br2NO5. The zero-order valence-electron chi connectivity index (χ0n) is 20.7. The Labute approximate surface area is 237 Å². The average molecular weight is 639 g/mol. The quantitative estimate of drug-likeness (QED) is 0.243. The van der Waals surface area contributed by atoms with Gasteiger partial charge in [-0.1, -0.05) is 44.0 Å². The molecule has 0 unspecified atom stereocenters. The van der Waals surface area contributed by atoms with Gasteiger partial charge in [-0.3, -0.25) is 4.79 Å². The van der Waals surface area contributed by atoms with Crippen molar-refractivity contribution in [2.24, 2.45) is 0 Å². The number of carbonyl (C=O) groups excluding carboxylic acids is 2. The van der Waals surface area contributed by atoms with Crippen molar-refractivity contribution in [3.05, 3.63) is 104 Å². The fourth-order valence-corrected chi connectivity index (χ4v) is 6.28. The van der Waals surface area contributed by atoms with Crippen LogP contribution in [0.5, 0.6) is 11.5 Å². The van der Waals surface area contributed by atoms with Gasteiger partial charge >= 0.3 is 5.97 Å². The summed E-state index contributed by atoms with van der Waals surface area (Å²) in [6.07, 6.45) is 4.63. The number of nitrogens with zero attached hydrogens (tertiary/aromatic N) is 1. The summed E-state index contributed by atoms with van der Waals surface area (Å²) >= 11 is 6.84. The number of ether oxygens (including phenoxy) is 3. The topological polar surface area (TPSA) is 65.1 Å². The molecule has 38 heavy (non-hydrogen) atoms. The Hall–Kier alpha value is -3.10. The first-order valence-corrected chi connectivity index (χ1v) is 14.0. The summed E-state index contributed by atoms with van der Waals surface area (Å²) in [4.78, 5) is 28.2. The van der Waals surface area contributed by atoms with Gasteiger partial charge in [0, 0.05) is 39.6 Å². The lowest BCUT2D eigenvalue weighted by molar-refractivity contribution is 0.0214. The van der Waals surface area contributed by atoms with Gasteiger partial charge in [0.15, 0.2) is 11.5 Å². The number of rotatable bonds is 4. The van der Waals surface area contributed by atoms with E-state index in [9.17, 15) is 9.59 Å². The van der Waals surface area contributed by atoms with E-state index in [2.05, 4.69) is 37.9 Å². The number of hydrogen-bond donors (Lipinski definition) is 0. The maximum atomic E-state index is 13.5. The summed E-state index contributed by atoms with van der Waals surface area (Å²) < 4.78 is 19.9. The van der Waals surface area contributed by atoms with Crippen molar-refractivity contribution in [1.82, 2.24) is 4.90 Å². The fourth-order valence-electron chi connectivity index (χ4n) is 5.75. The van der Waals surface area contributed by atoms with Gasteiger partial charge in [-0.25, -0.2) is 4.79 Å². The molecule has 3 atom stereocenters. The van der Waals surface area contributed by atoms with Crippen LogP contribution in [0.2, 0.25) is 0 Å². The molecule has 1 spiro atoms. The van der Waals surface area contributed by atoms with Crippen molar-refractivity contribution in [3.63, 3.8) is 0 Å². The summed E-state index contributed by atoms with van der Waals surface area (Å²) in [5.74, 6) is 1.01. The molecule has 2 aliphatic heterocycles. The zero-order valence-corrected chi connectivity index (χ0v) is 23.8. The number of hydrogen-bond acceptors (Lipinski definition) is 5. The normalized spacial score (nSPS) is 23.1. The molecule has 0 N–H and O–H groups in total. The monoisotopic (exact) mass is 637 g/mol. The van der Waals surface area contributed by atoms with Gasteiger partial charge in [-0.15, -0.1) is 0 Å². The van der Waals surface area contributed by atoms with Crippen LogP contribution in [0.3, 0.4) is 0 Å². The Morgan fingerprint density at radius 3 is 2.34 bits per heavy atom. The van der Waals surface area contributed by atoms with Crippen molar-refractivity contribution in [2.45, 2.75) is 37.0 Å². The number of benzene rings is 3. The summed E-state index contributed by atoms with van der Waals surface area (Å²) in [6, 6.07) is 18.5. The van der Waals surface area contributed by atoms with Crippen molar-refractivity contribution in [3.8, 4) is 11.5 Å². The molecule has 0 bridgehead atoms. The van der Waals surface area contributed by atoms with E-state index < -0.39 is 11.5 Å². The second-order valence-corrected chi connectivity index (χ2v) is 11.6. The van der Waals surface area contributed by atoms with Crippen molar-refractivity contribution in [2.75, 3.05) is 13.7 Å². The maximum Gasteiger partial charge on any atom is 0.338 e. The molecule has 0 aromatic heterocycles.